The van der Waals surface area contributed by atoms with Crippen molar-refractivity contribution < 1.29 is 9.90 Å². The predicted octanol–water partition coefficient (Wildman–Crippen LogP) is 3.02. The van der Waals surface area contributed by atoms with Crippen LogP contribution in [0.5, 0.6) is 0 Å². The lowest BCUT2D eigenvalue weighted by Crippen LogP contribution is -2.18. The monoisotopic (exact) mass is 247 g/mol. The highest BCUT2D eigenvalue weighted by molar-refractivity contribution is 5.85. The number of aliphatic carboxylic acids is 1. The number of nitrogens with zero attached hydrogens (tertiary/aromatic N) is 1. The van der Waals surface area contributed by atoms with Gasteiger partial charge in [0, 0.05) is 12.6 Å². The van der Waals surface area contributed by atoms with E-state index in [4.69, 9.17) is 5.11 Å². The predicted molar refractivity (Wildman–Crippen MR) is 74.4 cm³/mol. The summed E-state index contributed by atoms with van der Waals surface area (Å²) in [6.07, 6.45) is 5.19. The molecule has 1 aromatic carbocycles. The van der Waals surface area contributed by atoms with Crippen LogP contribution in [-0.4, -0.2) is 29.6 Å². The van der Waals surface area contributed by atoms with Crippen LogP contribution in [0.4, 0.5) is 0 Å². The van der Waals surface area contributed by atoms with Gasteiger partial charge in [-0.05, 0) is 37.2 Å². The van der Waals surface area contributed by atoms with Crippen molar-refractivity contribution in [2.24, 2.45) is 0 Å². The van der Waals surface area contributed by atoms with Gasteiger partial charge in [-0.25, -0.2) is 4.79 Å². The number of unbranched alkanes of at least 4 members (excludes halogenated alkanes) is 1. The summed E-state index contributed by atoms with van der Waals surface area (Å²) in [4.78, 5) is 12.7. The molecule has 0 aliphatic heterocycles. The van der Waals surface area contributed by atoms with Crippen LogP contribution >= 0.6 is 0 Å². The Morgan fingerprint density at radius 1 is 1.33 bits per heavy atom. The molecule has 1 rings (SSSR count). The Balaban J connectivity index is 2.52. The number of hydrogen-bond acceptors (Lipinski definition) is 2. The van der Waals surface area contributed by atoms with Gasteiger partial charge in [-0.15, -0.1) is 0 Å². The summed E-state index contributed by atoms with van der Waals surface area (Å²) in [5.41, 5.74) is 2.17. The van der Waals surface area contributed by atoms with Gasteiger partial charge in [-0.1, -0.05) is 37.6 Å². The maximum Gasteiger partial charge on any atom is 0.328 e. The average molecular weight is 247 g/mol. The lowest BCUT2D eigenvalue weighted by atomic mass is 10.1. The Hall–Kier alpha value is -1.61. The number of carboxylic acid groups (broad SMARTS) is 1. The highest BCUT2D eigenvalue weighted by Gasteiger charge is 1.99. The molecular formula is C15H21NO2. The molecule has 0 saturated carbocycles. The molecule has 1 N–H and O–H groups in total. The summed E-state index contributed by atoms with van der Waals surface area (Å²) >= 11 is 0. The molecule has 0 aliphatic rings. The summed E-state index contributed by atoms with van der Waals surface area (Å²) in [5, 5.41) is 8.54. The van der Waals surface area contributed by atoms with Gasteiger partial charge in [0.2, 0.25) is 0 Å². The molecule has 0 amide bonds. The van der Waals surface area contributed by atoms with Crippen molar-refractivity contribution in [2.75, 3.05) is 13.6 Å². The van der Waals surface area contributed by atoms with Crippen molar-refractivity contribution in [3.05, 3.63) is 41.5 Å². The SMILES string of the molecule is CCCCN(C)Cc1ccc(/C=C/C(=O)O)cc1. The van der Waals surface area contributed by atoms with Crippen LogP contribution in [0.3, 0.4) is 0 Å². The Morgan fingerprint density at radius 2 is 2.00 bits per heavy atom. The van der Waals surface area contributed by atoms with Crippen LogP contribution in [0.15, 0.2) is 30.3 Å². The first-order valence-electron chi connectivity index (χ1n) is 6.30. The molecular weight excluding hydrogens is 226 g/mol. The fourth-order valence-corrected chi connectivity index (χ4v) is 1.72. The van der Waals surface area contributed by atoms with Crippen molar-refractivity contribution in [1.29, 1.82) is 0 Å². The summed E-state index contributed by atoms with van der Waals surface area (Å²) in [7, 11) is 2.12. The first-order valence-corrected chi connectivity index (χ1v) is 6.30. The summed E-state index contributed by atoms with van der Waals surface area (Å²) in [6.45, 7) is 4.23. The molecule has 0 unspecified atom stereocenters. The summed E-state index contributed by atoms with van der Waals surface area (Å²) in [6, 6.07) is 7.98. The van der Waals surface area contributed by atoms with Crippen LogP contribution in [-0.2, 0) is 11.3 Å². The maximum atomic E-state index is 10.4. The van der Waals surface area contributed by atoms with E-state index in [9.17, 15) is 4.79 Å². The lowest BCUT2D eigenvalue weighted by Gasteiger charge is -2.16. The number of rotatable bonds is 7. The molecule has 0 heterocycles. The van der Waals surface area contributed by atoms with Gasteiger partial charge in [0.05, 0.1) is 0 Å². The molecule has 0 radical (unpaired) electrons. The quantitative estimate of drug-likeness (QED) is 0.753. The zero-order valence-corrected chi connectivity index (χ0v) is 11.1. The number of carboxylic acids is 1. The number of benzene rings is 1. The Bertz CT molecular complexity index is 395. The second-order valence-corrected chi connectivity index (χ2v) is 4.50. The average Bonchev–Trinajstić information content (AvgIpc) is 2.35. The molecule has 0 atom stereocenters. The van der Waals surface area contributed by atoms with E-state index in [1.807, 2.05) is 24.3 Å². The highest BCUT2D eigenvalue weighted by Crippen LogP contribution is 2.08. The second kappa shape index (κ2) is 7.67. The van der Waals surface area contributed by atoms with E-state index >= 15 is 0 Å². The van der Waals surface area contributed by atoms with Crippen LogP contribution < -0.4 is 0 Å². The first kappa shape index (κ1) is 14.5. The van der Waals surface area contributed by atoms with Gasteiger partial charge in [0.25, 0.3) is 0 Å². The summed E-state index contributed by atoms with van der Waals surface area (Å²) < 4.78 is 0. The number of hydrogen-bond donors (Lipinski definition) is 1. The van der Waals surface area contributed by atoms with Gasteiger partial charge in [-0.2, -0.15) is 0 Å². The normalized spacial score (nSPS) is 11.3. The van der Waals surface area contributed by atoms with E-state index in [0.29, 0.717) is 0 Å². The topological polar surface area (TPSA) is 40.5 Å². The molecule has 98 valence electrons. The fourth-order valence-electron chi connectivity index (χ4n) is 1.72. The van der Waals surface area contributed by atoms with Crippen molar-refractivity contribution in [3.63, 3.8) is 0 Å². The maximum absolute atomic E-state index is 10.4. The van der Waals surface area contributed by atoms with Gasteiger partial charge >= 0.3 is 5.97 Å². The van der Waals surface area contributed by atoms with Crippen LogP contribution in [0.25, 0.3) is 6.08 Å². The molecule has 1 aromatic rings. The molecule has 0 aromatic heterocycles. The minimum absolute atomic E-state index is 0.914. The second-order valence-electron chi connectivity index (χ2n) is 4.50. The van der Waals surface area contributed by atoms with E-state index in [0.717, 1.165) is 24.7 Å². The highest BCUT2D eigenvalue weighted by atomic mass is 16.4. The third-order valence-electron chi connectivity index (χ3n) is 2.74. The Kier molecular flexibility index (Phi) is 6.15. The Morgan fingerprint density at radius 3 is 2.56 bits per heavy atom. The van der Waals surface area contributed by atoms with Crippen LogP contribution in [0.1, 0.15) is 30.9 Å². The van der Waals surface area contributed by atoms with E-state index in [2.05, 4.69) is 18.9 Å². The van der Waals surface area contributed by atoms with E-state index in [-0.39, 0.29) is 0 Å². The van der Waals surface area contributed by atoms with Gasteiger partial charge in [0.15, 0.2) is 0 Å². The fraction of sp³-hybridized carbons (Fsp3) is 0.400. The zero-order valence-electron chi connectivity index (χ0n) is 11.1. The first-order chi connectivity index (χ1) is 8.61. The van der Waals surface area contributed by atoms with Gasteiger partial charge < -0.3 is 10.0 Å². The third-order valence-corrected chi connectivity index (χ3v) is 2.74. The standard InChI is InChI=1S/C15H21NO2/c1-3-4-11-16(2)12-14-7-5-13(6-8-14)9-10-15(17)18/h5-10H,3-4,11-12H2,1-2H3,(H,17,18)/b10-9+. The van der Waals surface area contributed by atoms with Crippen molar-refractivity contribution in [2.45, 2.75) is 26.3 Å². The number of carbonyl (C=O) groups is 1. The minimum atomic E-state index is -0.918. The van der Waals surface area contributed by atoms with Crippen LogP contribution in [0.2, 0.25) is 0 Å². The molecule has 3 nitrogen and oxygen atoms in total. The van der Waals surface area contributed by atoms with Crippen molar-refractivity contribution in [3.8, 4) is 0 Å². The van der Waals surface area contributed by atoms with E-state index in [1.165, 1.54) is 18.4 Å². The zero-order chi connectivity index (χ0) is 13.4. The van der Waals surface area contributed by atoms with Crippen LogP contribution in [0, 0.1) is 0 Å². The Labute approximate surface area is 109 Å². The molecule has 3 heteroatoms. The smallest absolute Gasteiger partial charge is 0.328 e. The lowest BCUT2D eigenvalue weighted by molar-refractivity contribution is -0.131. The molecule has 0 spiro atoms. The molecule has 0 fully saturated rings. The summed E-state index contributed by atoms with van der Waals surface area (Å²) in [5.74, 6) is -0.918. The molecule has 0 saturated heterocycles. The van der Waals surface area contributed by atoms with E-state index in [1.54, 1.807) is 6.08 Å². The van der Waals surface area contributed by atoms with Crippen molar-refractivity contribution >= 4 is 12.0 Å². The molecule has 18 heavy (non-hydrogen) atoms. The largest absolute Gasteiger partial charge is 0.478 e. The minimum Gasteiger partial charge on any atom is -0.478 e. The molecule has 0 aliphatic carbocycles. The van der Waals surface area contributed by atoms with E-state index < -0.39 is 5.97 Å². The van der Waals surface area contributed by atoms with Gasteiger partial charge in [0.1, 0.15) is 0 Å². The van der Waals surface area contributed by atoms with Crippen molar-refractivity contribution in [1.82, 2.24) is 4.90 Å². The third kappa shape index (κ3) is 5.64. The molecule has 0 bridgehead atoms. The van der Waals surface area contributed by atoms with Gasteiger partial charge in [-0.3, -0.25) is 0 Å².